The van der Waals surface area contributed by atoms with Crippen LogP contribution in [-0.2, 0) is 4.79 Å². The van der Waals surface area contributed by atoms with Crippen LogP contribution >= 0.6 is 0 Å². The van der Waals surface area contributed by atoms with Crippen molar-refractivity contribution in [1.82, 2.24) is 15.1 Å². The van der Waals surface area contributed by atoms with Gasteiger partial charge >= 0.3 is 12.0 Å². The number of rotatable bonds is 3. The first kappa shape index (κ1) is 13.4. The topological polar surface area (TPSA) is 72.9 Å². The van der Waals surface area contributed by atoms with Crippen LogP contribution in [0.2, 0.25) is 0 Å². The normalized spacial score (nSPS) is 41.0. The van der Waals surface area contributed by atoms with Gasteiger partial charge in [-0.2, -0.15) is 0 Å². The van der Waals surface area contributed by atoms with Crippen LogP contribution in [0.25, 0.3) is 0 Å². The fraction of sp³-hybridized carbons (Fsp3) is 0.867. The van der Waals surface area contributed by atoms with Gasteiger partial charge in [-0.05, 0) is 42.9 Å². The van der Waals surface area contributed by atoms with E-state index in [9.17, 15) is 9.59 Å². The first-order chi connectivity index (χ1) is 10.1. The maximum Gasteiger partial charge on any atom is 0.317 e. The summed E-state index contributed by atoms with van der Waals surface area (Å²) >= 11 is 0. The van der Waals surface area contributed by atoms with E-state index in [4.69, 9.17) is 5.11 Å². The van der Waals surface area contributed by atoms with E-state index in [-0.39, 0.29) is 12.6 Å². The third-order valence-corrected chi connectivity index (χ3v) is 6.04. The van der Waals surface area contributed by atoms with Gasteiger partial charge in [0, 0.05) is 32.2 Å². The summed E-state index contributed by atoms with van der Waals surface area (Å²) in [6.45, 7) is 2.65. The Balaban J connectivity index is 1.25. The highest BCUT2D eigenvalue weighted by molar-refractivity contribution is 5.75. The molecule has 0 aromatic heterocycles. The van der Waals surface area contributed by atoms with E-state index in [1.807, 2.05) is 9.80 Å². The Labute approximate surface area is 124 Å². The van der Waals surface area contributed by atoms with Crippen LogP contribution in [0, 0.1) is 23.7 Å². The van der Waals surface area contributed by atoms with E-state index in [1.165, 1.54) is 19.3 Å². The fourth-order valence-electron chi connectivity index (χ4n) is 5.05. The largest absolute Gasteiger partial charge is 0.480 e. The summed E-state index contributed by atoms with van der Waals surface area (Å²) in [7, 11) is 0. The van der Waals surface area contributed by atoms with Gasteiger partial charge in [-0.1, -0.05) is 0 Å². The summed E-state index contributed by atoms with van der Waals surface area (Å²) in [5.74, 6) is 2.48. The van der Waals surface area contributed by atoms with Crippen molar-refractivity contribution in [3.8, 4) is 0 Å². The predicted octanol–water partition coefficient (Wildman–Crippen LogP) is 0.443. The molecule has 0 aromatic rings. The Morgan fingerprint density at radius 1 is 1.05 bits per heavy atom. The van der Waals surface area contributed by atoms with Crippen molar-refractivity contribution >= 4 is 12.0 Å². The number of nitrogens with one attached hydrogen (secondary N) is 1. The van der Waals surface area contributed by atoms with Crippen LogP contribution in [0.15, 0.2) is 0 Å². The molecule has 3 aliphatic carbocycles. The van der Waals surface area contributed by atoms with Crippen molar-refractivity contribution in [2.45, 2.75) is 25.3 Å². The first-order valence-corrected chi connectivity index (χ1v) is 8.13. The molecule has 3 saturated carbocycles. The number of hydrogen-bond acceptors (Lipinski definition) is 3. The van der Waals surface area contributed by atoms with Crippen LogP contribution in [0.4, 0.5) is 4.79 Å². The highest BCUT2D eigenvalue weighted by Gasteiger charge is 2.65. The van der Waals surface area contributed by atoms with Crippen molar-refractivity contribution in [3.05, 3.63) is 0 Å². The number of piperazine rings is 1. The lowest BCUT2D eigenvalue weighted by Crippen LogP contribution is -2.53. The van der Waals surface area contributed by atoms with Gasteiger partial charge in [-0.15, -0.1) is 0 Å². The van der Waals surface area contributed by atoms with Gasteiger partial charge in [-0.25, -0.2) is 4.79 Å². The minimum atomic E-state index is -0.797. The minimum Gasteiger partial charge on any atom is -0.480 e. The van der Waals surface area contributed by atoms with Crippen molar-refractivity contribution in [3.63, 3.8) is 0 Å². The van der Waals surface area contributed by atoms with E-state index in [2.05, 4.69) is 5.32 Å². The van der Waals surface area contributed by atoms with Crippen LogP contribution in [-0.4, -0.2) is 65.7 Å². The molecule has 1 saturated heterocycles. The summed E-state index contributed by atoms with van der Waals surface area (Å²) in [5.41, 5.74) is 0. The molecule has 1 heterocycles. The Hall–Kier alpha value is -1.30. The summed E-state index contributed by atoms with van der Waals surface area (Å²) in [6.07, 6.45) is 4.13. The predicted molar refractivity (Wildman–Crippen MR) is 75.8 cm³/mol. The number of carbonyl (C=O) groups is 2. The lowest BCUT2D eigenvalue weighted by molar-refractivity contribution is -0.138. The number of carboxylic acid groups (broad SMARTS) is 1. The zero-order valence-electron chi connectivity index (χ0n) is 12.2. The molecule has 1 aliphatic heterocycles. The number of nitrogens with zero attached hydrogens (tertiary/aromatic N) is 2. The molecule has 2 amide bonds. The molecule has 2 N–H and O–H groups in total. The fourth-order valence-corrected chi connectivity index (χ4v) is 5.05. The monoisotopic (exact) mass is 293 g/mol. The second-order valence-electron chi connectivity index (χ2n) is 7.12. The molecular formula is C15H23N3O3. The van der Waals surface area contributed by atoms with Gasteiger partial charge < -0.3 is 15.3 Å². The Morgan fingerprint density at radius 2 is 1.67 bits per heavy atom. The van der Waals surface area contributed by atoms with Crippen LogP contribution in [0.1, 0.15) is 19.3 Å². The molecular weight excluding hydrogens is 270 g/mol. The van der Waals surface area contributed by atoms with Gasteiger partial charge in [0.15, 0.2) is 0 Å². The van der Waals surface area contributed by atoms with Crippen LogP contribution < -0.4 is 5.32 Å². The Morgan fingerprint density at radius 3 is 2.24 bits per heavy atom. The van der Waals surface area contributed by atoms with E-state index < -0.39 is 5.97 Å². The number of carboxylic acids is 1. The molecule has 0 spiro atoms. The lowest BCUT2D eigenvalue weighted by atomic mass is 10.0. The second-order valence-corrected chi connectivity index (χ2v) is 7.12. The standard InChI is InChI=1S/C15H23N3O3/c19-11(20)8-17-3-5-18(6-4-17)15(21)16-14-12-9-1-2-10(7-9)13(12)14/h9-10,12-14H,1-8H2,(H,16,21)(H,19,20). The molecule has 6 nitrogen and oxygen atoms in total. The summed E-state index contributed by atoms with van der Waals surface area (Å²) in [5, 5.41) is 12.0. The molecule has 21 heavy (non-hydrogen) atoms. The number of fused-ring (bicyclic) bond motifs is 5. The smallest absolute Gasteiger partial charge is 0.317 e. The van der Waals surface area contributed by atoms with Crippen molar-refractivity contribution in [2.24, 2.45) is 23.7 Å². The highest BCUT2D eigenvalue weighted by atomic mass is 16.4. The van der Waals surface area contributed by atoms with Crippen molar-refractivity contribution in [1.29, 1.82) is 0 Å². The number of carbonyl (C=O) groups excluding carboxylic acids is 1. The second kappa shape index (κ2) is 4.87. The molecule has 0 radical (unpaired) electrons. The molecule has 6 heteroatoms. The molecule has 4 unspecified atom stereocenters. The van der Waals surface area contributed by atoms with Gasteiger partial charge in [0.1, 0.15) is 0 Å². The average molecular weight is 293 g/mol. The average Bonchev–Trinajstić information content (AvgIpc) is 2.83. The SMILES string of the molecule is O=C(O)CN1CCN(C(=O)NC2C3C4CCC(C4)C23)CC1. The zero-order valence-corrected chi connectivity index (χ0v) is 12.2. The Bertz CT molecular complexity index is 445. The third kappa shape index (κ3) is 2.29. The molecule has 0 aromatic carbocycles. The number of hydrogen-bond donors (Lipinski definition) is 2. The number of amides is 2. The minimum absolute atomic E-state index is 0.0591. The van der Waals surface area contributed by atoms with E-state index in [0.29, 0.717) is 32.2 Å². The molecule has 4 aliphatic rings. The van der Waals surface area contributed by atoms with Gasteiger partial charge in [0.2, 0.25) is 0 Å². The van der Waals surface area contributed by atoms with E-state index >= 15 is 0 Å². The molecule has 4 fully saturated rings. The summed E-state index contributed by atoms with van der Waals surface area (Å²) in [6, 6.07) is 0.490. The van der Waals surface area contributed by atoms with Crippen molar-refractivity contribution < 1.29 is 14.7 Å². The maximum atomic E-state index is 12.3. The third-order valence-electron chi connectivity index (χ3n) is 6.04. The van der Waals surface area contributed by atoms with Crippen molar-refractivity contribution in [2.75, 3.05) is 32.7 Å². The summed E-state index contributed by atoms with van der Waals surface area (Å²) in [4.78, 5) is 26.7. The van der Waals surface area contributed by atoms with E-state index in [0.717, 1.165) is 23.7 Å². The first-order valence-electron chi connectivity index (χ1n) is 8.13. The molecule has 2 bridgehead atoms. The van der Waals surface area contributed by atoms with Gasteiger partial charge in [0.05, 0.1) is 6.54 Å². The quantitative estimate of drug-likeness (QED) is 0.792. The Kier molecular flexibility index (Phi) is 3.10. The number of aliphatic carboxylic acids is 1. The number of urea groups is 1. The van der Waals surface area contributed by atoms with Gasteiger partial charge in [0.25, 0.3) is 0 Å². The van der Waals surface area contributed by atoms with Gasteiger partial charge in [-0.3, -0.25) is 9.69 Å². The zero-order chi connectivity index (χ0) is 14.6. The van der Waals surface area contributed by atoms with E-state index in [1.54, 1.807) is 0 Å². The van der Waals surface area contributed by atoms with Crippen LogP contribution in [0.3, 0.4) is 0 Å². The highest BCUT2D eigenvalue weighted by Crippen LogP contribution is 2.65. The molecule has 4 atom stereocenters. The molecule has 4 rings (SSSR count). The maximum absolute atomic E-state index is 12.3. The van der Waals surface area contributed by atoms with Crippen LogP contribution in [0.5, 0.6) is 0 Å². The lowest BCUT2D eigenvalue weighted by Gasteiger charge is -2.34. The summed E-state index contributed by atoms with van der Waals surface area (Å²) < 4.78 is 0. The molecule has 116 valence electrons.